The summed E-state index contributed by atoms with van der Waals surface area (Å²) in [5.41, 5.74) is 3.00. The summed E-state index contributed by atoms with van der Waals surface area (Å²) in [5.74, 6) is 0.634. The van der Waals surface area contributed by atoms with Gasteiger partial charge in [-0.25, -0.2) is 4.79 Å². The van der Waals surface area contributed by atoms with Crippen LogP contribution in [0.5, 0.6) is 5.75 Å². The van der Waals surface area contributed by atoms with Crippen molar-refractivity contribution < 1.29 is 14.3 Å². The quantitative estimate of drug-likeness (QED) is 0.828. The van der Waals surface area contributed by atoms with E-state index in [1.54, 1.807) is 7.11 Å². The van der Waals surface area contributed by atoms with Crippen LogP contribution in [0.15, 0.2) is 12.1 Å². The molecule has 1 N–H and O–H groups in total. The van der Waals surface area contributed by atoms with E-state index in [4.69, 9.17) is 9.47 Å². The Bertz CT molecular complexity index is 457. The van der Waals surface area contributed by atoms with Crippen molar-refractivity contribution >= 4 is 5.97 Å². The zero-order valence-electron chi connectivity index (χ0n) is 11.9. The lowest BCUT2D eigenvalue weighted by atomic mass is 10.00. The Kier molecular flexibility index (Phi) is 4.10. The van der Waals surface area contributed by atoms with Gasteiger partial charge in [0.1, 0.15) is 11.8 Å². The second kappa shape index (κ2) is 5.61. The van der Waals surface area contributed by atoms with Crippen molar-refractivity contribution in [1.82, 2.24) is 5.32 Å². The first-order valence-electron chi connectivity index (χ1n) is 6.55. The second-order valence-electron chi connectivity index (χ2n) is 5.09. The van der Waals surface area contributed by atoms with E-state index in [0.717, 1.165) is 35.3 Å². The molecule has 104 valence electrons. The fourth-order valence-electron chi connectivity index (χ4n) is 2.38. The number of aryl methyl sites for hydroxylation is 2. The van der Waals surface area contributed by atoms with Gasteiger partial charge in [-0.15, -0.1) is 0 Å². The van der Waals surface area contributed by atoms with Crippen molar-refractivity contribution in [2.24, 2.45) is 0 Å². The standard InChI is InChI=1S/C15H21NO3/c1-9-7-11(8-10(2)14(9)18-3)13(15(17)19-4)16-12-5-6-12/h7-8,12-13,16H,5-6H2,1-4H3. The van der Waals surface area contributed by atoms with Crippen LogP contribution >= 0.6 is 0 Å². The minimum absolute atomic E-state index is 0.240. The van der Waals surface area contributed by atoms with Crippen LogP contribution in [0.25, 0.3) is 0 Å². The van der Waals surface area contributed by atoms with Gasteiger partial charge in [0.25, 0.3) is 0 Å². The third kappa shape index (κ3) is 3.07. The Morgan fingerprint density at radius 2 is 1.84 bits per heavy atom. The molecular formula is C15H21NO3. The third-order valence-electron chi connectivity index (χ3n) is 3.44. The predicted molar refractivity (Wildman–Crippen MR) is 73.4 cm³/mol. The number of hydrogen-bond acceptors (Lipinski definition) is 4. The summed E-state index contributed by atoms with van der Waals surface area (Å²) >= 11 is 0. The van der Waals surface area contributed by atoms with Crippen molar-refractivity contribution in [2.75, 3.05) is 14.2 Å². The Hall–Kier alpha value is -1.55. The van der Waals surface area contributed by atoms with Crippen LogP contribution in [0.1, 0.15) is 35.6 Å². The Labute approximate surface area is 114 Å². The molecule has 2 rings (SSSR count). The summed E-state index contributed by atoms with van der Waals surface area (Å²) in [6.07, 6.45) is 2.25. The maximum absolute atomic E-state index is 11.9. The van der Waals surface area contributed by atoms with Gasteiger partial charge in [0.2, 0.25) is 0 Å². The fraction of sp³-hybridized carbons (Fsp3) is 0.533. The maximum atomic E-state index is 11.9. The van der Waals surface area contributed by atoms with Gasteiger partial charge in [0.05, 0.1) is 14.2 Å². The zero-order valence-corrected chi connectivity index (χ0v) is 11.9. The van der Waals surface area contributed by atoms with Crippen molar-refractivity contribution in [2.45, 2.75) is 38.8 Å². The van der Waals surface area contributed by atoms with E-state index < -0.39 is 0 Å². The first kappa shape index (κ1) is 13.9. The molecule has 1 unspecified atom stereocenters. The minimum Gasteiger partial charge on any atom is -0.496 e. The SMILES string of the molecule is COC(=O)C(NC1CC1)c1cc(C)c(OC)c(C)c1. The van der Waals surface area contributed by atoms with E-state index in [9.17, 15) is 4.79 Å². The lowest BCUT2D eigenvalue weighted by molar-refractivity contribution is -0.143. The van der Waals surface area contributed by atoms with Gasteiger partial charge in [-0.3, -0.25) is 5.32 Å². The summed E-state index contributed by atoms with van der Waals surface area (Å²) in [5, 5.41) is 3.33. The van der Waals surface area contributed by atoms with E-state index in [2.05, 4.69) is 5.32 Å². The number of carbonyl (C=O) groups excluding carboxylic acids is 1. The largest absolute Gasteiger partial charge is 0.496 e. The summed E-state index contributed by atoms with van der Waals surface area (Å²) in [6.45, 7) is 3.97. The van der Waals surface area contributed by atoms with Gasteiger partial charge >= 0.3 is 5.97 Å². The van der Waals surface area contributed by atoms with Gasteiger partial charge in [-0.1, -0.05) is 12.1 Å². The molecule has 0 radical (unpaired) electrons. The predicted octanol–water partition coefficient (Wildman–Crippen LogP) is 2.28. The molecule has 19 heavy (non-hydrogen) atoms. The Morgan fingerprint density at radius 1 is 1.26 bits per heavy atom. The molecule has 0 saturated heterocycles. The molecular weight excluding hydrogens is 242 g/mol. The number of methoxy groups -OCH3 is 2. The number of esters is 1. The molecule has 0 aliphatic heterocycles. The molecule has 1 saturated carbocycles. The molecule has 1 fully saturated rings. The molecule has 0 bridgehead atoms. The number of ether oxygens (including phenoxy) is 2. The van der Waals surface area contributed by atoms with E-state index in [-0.39, 0.29) is 12.0 Å². The van der Waals surface area contributed by atoms with Crippen LogP contribution in [0, 0.1) is 13.8 Å². The Balaban J connectivity index is 2.32. The first-order valence-corrected chi connectivity index (χ1v) is 6.55. The number of benzene rings is 1. The van der Waals surface area contributed by atoms with Crippen molar-refractivity contribution in [3.05, 3.63) is 28.8 Å². The van der Waals surface area contributed by atoms with Crippen molar-refractivity contribution in [1.29, 1.82) is 0 Å². The lowest BCUT2D eigenvalue weighted by Crippen LogP contribution is -2.31. The van der Waals surface area contributed by atoms with Gasteiger partial charge in [0, 0.05) is 6.04 Å². The highest BCUT2D eigenvalue weighted by atomic mass is 16.5. The highest BCUT2D eigenvalue weighted by molar-refractivity contribution is 5.78. The molecule has 1 aromatic rings. The smallest absolute Gasteiger partial charge is 0.327 e. The van der Waals surface area contributed by atoms with Crippen LogP contribution in [0.2, 0.25) is 0 Å². The maximum Gasteiger partial charge on any atom is 0.327 e. The van der Waals surface area contributed by atoms with Crippen LogP contribution < -0.4 is 10.1 Å². The van der Waals surface area contributed by atoms with Gasteiger partial charge in [-0.2, -0.15) is 0 Å². The summed E-state index contributed by atoms with van der Waals surface area (Å²) < 4.78 is 10.3. The van der Waals surface area contributed by atoms with Gasteiger partial charge < -0.3 is 9.47 Å². The Morgan fingerprint density at radius 3 is 2.26 bits per heavy atom. The molecule has 0 heterocycles. The molecule has 1 aliphatic carbocycles. The number of hydrogen-bond donors (Lipinski definition) is 1. The van der Waals surface area contributed by atoms with Crippen LogP contribution in [0.3, 0.4) is 0 Å². The van der Waals surface area contributed by atoms with E-state index in [1.165, 1.54) is 7.11 Å². The van der Waals surface area contributed by atoms with E-state index in [0.29, 0.717) is 6.04 Å². The second-order valence-corrected chi connectivity index (χ2v) is 5.09. The molecule has 1 atom stereocenters. The zero-order chi connectivity index (χ0) is 14.0. The topological polar surface area (TPSA) is 47.6 Å². The molecule has 1 aromatic carbocycles. The number of carbonyl (C=O) groups is 1. The van der Waals surface area contributed by atoms with Crippen molar-refractivity contribution in [3.8, 4) is 5.75 Å². The third-order valence-corrected chi connectivity index (χ3v) is 3.44. The lowest BCUT2D eigenvalue weighted by Gasteiger charge is -2.19. The highest BCUT2D eigenvalue weighted by Gasteiger charge is 2.30. The molecule has 0 spiro atoms. The molecule has 0 amide bonds. The van der Waals surface area contributed by atoms with E-state index >= 15 is 0 Å². The van der Waals surface area contributed by atoms with Crippen LogP contribution in [0.4, 0.5) is 0 Å². The first-order chi connectivity index (χ1) is 9.06. The van der Waals surface area contributed by atoms with E-state index in [1.807, 2.05) is 26.0 Å². The monoisotopic (exact) mass is 263 g/mol. The van der Waals surface area contributed by atoms with Crippen LogP contribution in [-0.2, 0) is 9.53 Å². The average molecular weight is 263 g/mol. The normalized spacial score (nSPS) is 16.0. The number of nitrogens with one attached hydrogen (secondary N) is 1. The molecule has 4 nitrogen and oxygen atoms in total. The van der Waals surface area contributed by atoms with Gasteiger partial charge in [0.15, 0.2) is 0 Å². The average Bonchev–Trinajstić information content (AvgIpc) is 3.18. The molecule has 0 aromatic heterocycles. The van der Waals surface area contributed by atoms with Crippen molar-refractivity contribution in [3.63, 3.8) is 0 Å². The summed E-state index contributed by atoms with van der Waals surface area (Å²) in [6, 6.07) is 4.03. The fourth-order valence-corrected chi connectivity index (χ4v) is 2.38. The summed E-state index contributed by atoms with van der Waals surface area (Å²) in [4.78, 5) is 11.9. The highest BCUT2D eigenvalue weighted by Crippen LogP contribution is 2.30. The minimum atomic E-state index is -0.388. The van der Waals surface area contributed by atoms with Crippen LogP contribution in [-0.4, -0.2) is 26.2 Å². The molecule has 4 heteroatoms. The molecule has 1 aliphatic rings. The number of rotatable bonds is 5. The van der Waals surface area contributed by atoms with Gasteiger partial charge in [-0.05, 0) is 43.4 Å². The summed E-state index contributed by atoms with van der Waals surface area (Å²) in [7, 11) is 3.09.